The molecule has 0 aromatic carbocycles. The third-order valence-corrected chi connectivity index (χ3v) is 9.82. The van der Waals surface area contributed by atoms with Crippen LogP contribution in [0.1, 0.15) is 77.6 Å². The largest absolute Gasteiger partial charge is 0.382 e. The number of halogens is 1. The van der Waals surface area contributed by atoms with Crippen LogP contribution >= 0.6 is 23.7 Å². The maximum atomic E-state index is 14.9. The van der Waals surface area contributed by atoms with Gasteiger partial charge in [0.2, 0.25) is 0 Å². The molecule has 1 saturated heterocycles. The van der Waals surface area contributed by atoms with Gasteiger partial charge in [-0.1, -0.05) is 45.3 Å². The number of thioether (sulfide) groups is 1. The van der Waals surface area contributed by atoms with Gasteiger partial charge in [-0.2, -0.15) is 17.2 Å². The Morgan fingerprint density at radius 1 is 1.22 bits per heavy atom. The van der Waals surface area contributed by atoms with E-state index in [4.69, 9.17) is 0 Å². The van der Waals surface area contributed by atoms with Crippen LogP contribution in [0.25, 0.3) is 0 Å². The average molecular weight is 542 g/mol. The van der Waals surface area contributed by atoms with E-state index in [1.807, 2.05) is 6.20 Å². The number of hydrogen-bond acceptors (Lipinski definition) is 6. The predicted octanol–water partition coefficient (Wildman–Crippen LogP) is 4.65. The third-order valence-electron chi connectivity index (χ3n) is 7.48. The summed E-state index contributed by atoms with van der Waals surface area (Å²) < 4.78 is 17.6. The number of nitrogens with two attached hydrogens (primary N) is 1. The second-order valence-corrected chi connectivity index (χ2v) is 12.9. The van der Waals surface area contributed by atoms with Crippen molar-refractivity contribution in [3.8, 4) is 0 Å². The number of nitrogens with zero attached hydrogens (tertiary/aromatic N) is 1. The van der Waals surface area contributed by atoms with Gasteiger partial charge in [-0.05, 0) is 62.8 Å². The molecule has 204 valence electrons. The van der Waals surface area contributed by atoms with E-state index in [1.165, 1.54) is 45.2 Å². The van der Waals surface area contributed by atoms with Gasteiger partial charge < -0.3 is 10.2 Å². The highest BCUT2D eigenvalue weighted by Gasteiger charge is 2.39. The molecular weight excluding hydrogens is 495 g/mol. The Labute approximate surface area is 225 Å². The van der Waals surface area contributed by atoms with Crippen molar-refractivity contribution in [3.63, 3.8) is 0 Å². The molecule has 0 radical (unpaired) electrons. The van der Waals surface area contributed by atoms with E-state index in [0.717, 1.165) is 66.6 Å². The first-order valence-electron chi connectivity index (χ1n) is 13.7. The molecule has 6 nitrogen and oxygen atoms in total. The summed E-state index contributed by atoms with van der Waals surface area (Å²) >= 11 is 3.13. The highest BCUT2D eigenvalue weighted by atomic mass is 32.2. The van der Waals surface area contributed by atoms with Crippen LogP contribution in [0.2, 0.25) is 0 Å². The Morgan fingerprint density at radius 2 is 1.92 bits per heavy atom. The summed E-state index contributed by atoms with van der Waals surface area (Å²) in [5.41, 5.74) is -0.137. The molecule has 0 spiro atoms. The van der Waals surface area contributed by atoms with E-state index in [2.05, 4.69) is 40.2 Å². The summed E-state index contributed by atoms with van der Waals surface area (Å²) in [6.07, 6.45) is 16.0. The molecule has 1 atom stereocenters. The summed E-state index contributed by atoms with van der Waals surface area (Å²) in [7, 11) is 0. The van der Waals surface area contributed by atoms with Gasteiger partial charge in [0.1, 0.15) is 0 Å². The molecule has 36 heavy (non-hydrogen) atoms. The molecule has 2 saturated carbocycles. The summed E-state index contributed by atoms with van der Waals surface area (Å²) in [6, 6.07) is 0.313. The number of hydroxylamine groups is 1. The first kappa shape index (κ1) is 29.6. The van der Waals surface area contributed by atoms with Crippen molar-refractivity contribution >= 4 is 29.6 Å². The molecule has 5 N–H and O–H groups in total. The highest BCUT2D eigenvalue weighted by molar-refractivity contribution is 8.02. The first-order valence-corrected chi connectivity index (χ1v) is 15.6. The standard InChI is InChI=1S/C27H45FN4O2S2/c1-3-24(36-31-26(33)27(28)13-8-5-9-14-27)16-23(30-34)17-29-22(12-15-32-18-21(2)19-32)20-35-25-10-6-4-7-11-25/h3,16-17,21-22,25,29-30,34H,1,4-15,18-20H2,2H3,(H,31,33)/p+1/b23-17-,24-16+. The zero-order valence-corrected chi connectivity index (χ0v) is 23.5. The molecule has 0 aromatic heterocycles. The maximum Gasteiger partial charge on any atom is 0.267 e. The fourth-order valence-electron chi connectivity index (χ4n) is 5.21. The Bertz CT molecular complexity index is 761. The molecular formula is C27H46FN4O2S2+. The summed E-state index contributed by atoms with van der Waals surface area (Å²) in [5.74, 6) is 1.27. The molecule has 1 heterocycles. The lowest BCUT2D eigenvalue weighted by molar-refractivity contribution is -0.848. The quantitative estimate of drug-likeness (QED) is 0.146. The van der Waals surface area contributed by atoms with E-state index < -0.39 is 11.6 Å². The van der Waals surface area contributed by atoms with E-state index in [-0.39, 0.29) is 12.8 Å². The molecule has 1 amide bonds. The van der Waals surface area contributed by atoms with Crippen LogP contribution in [0.15, 0.2) is 35.5 Å². The Hall–Kier alpha value is -1.00. The van der Waals surface area contributed by atoms with E-state index >= 15 is 0 Å². The minimum atomic E-state index is -1.78. The number of allylic oxidation sites excluding steroid dienone is 2. The highest BCUT2D eigenvalue weighted by Crippen LogP contribution is 2.33. The lowest BCUT2D eigenvalue weighted by Gasteiger charge is -2.38. The number of amides is 1. The van der Waals surface area contributed by atoms with Crippen LogP contribution in [-0.2, 0) is 4.79 Å². The molecule has 3 fully saturated rings. The minimum absolute atomic E-state index is 0.280. The van der Waals surface area contributed by atoms with Crippen LogP contribution in [0.5, 0.6) is 0 Å². The molecule has 2 aliphatic carbocycles. The van der Waals surface area contributed by atoms with Crippen molar-refractivity contribution in [2.75, 3.05) is 25.4 Å². The van der Waals surface area contributed by atoms with Gasteiger partial charge in [0.25, 0.3) is 5.91 Å². The fourth-order valence-corrected chi connectivity index (χ4v) is 7.31. The van der Waals surface area contributed by atoms with Gasteiger partial charge in [-0.15, -0.1) is 0 Å². The molecule has 0 aromatic rings. The SMILES string of the molecule is C=C/C(=C\C(=C\NC(CCN1CC(C)C1)CSC1CCCCC1)[NH2+]O)SNC(=O)C1(F)CCCCC1. The topological polar surface area (TPSA) is 81.2 Å². The summed E-state index contributed by atoms with van der Waals surface area (Å²) in [5, 5.41) is 14.2. The van der Waals surface area contributed by atoms with E-state index in [0.29, 0.717) is 16.6 Å². The number of hydrogen-bond donors (Lipinski definition) is 4. The maximum absolute atomic E-state index is 14.9. The van der Waals surface area contributed by atoms with Gasteiger partial charge in [-0.25, -0.2) is 9.60 Å². The van der Waals surface area contributed by atoms with Crippen molar-refractivity contribution in [2.24, 2.45) is 5.92 Å². The molecule has 3 aliphatic rings. The second-order valence-electron chi connectivity index (χ2n) is 10.7. The van der Waals surface area contributed by atoms with Crippen molar-refractivity contribution in [1.29, 1.82) is 0 Å². The molecule has 9 heteroatoms. The van der Waals surface area contributed by atoms with Crippen molar-refractivity contribution < 1.29 is 19.9 Å². The van der Waals surface area contributed by atoms with Gasteiger partial charge in [0.05, 0.1) is 6.20 Å². The number of likely N-dealkylation sites (tertiary alicyclic amines) is 1. The van der Waals surface area contributed by atoms with Crippen LogP contribution in [0.4, 0.5) is 4.39 Å². The van der Waals surface area contributed by atoms with Crippen LogP contribution in [0.3, 0.4) is 0 Å². The van der Waals surface area contributed by atoms with Gasteiger partial charge in [0.15, 0.2) is 11.4 Å². The fraction of sp³-hybridized carbons (Fsp3) is 0.741. The second kappa shape index (κ2) is 15.4. The predicted molar refractivity (Wildman–Crippen MR) is 149 cm³/mol. The number of rotatable bonds is 14. The summed E-state index contributed by atoms with van der Waals surface area (Å²) in [6.45, 7) is 9.56. The molecule has 3 rings (SSSR count). The van der Waals surface area contributed by atoms with Crippen molar-refractivity contribution in [3.05, 3.63) is 35.5 Å². The van der Waals surface area contributed by atoms with E-state index in [9.17, 15) is 14.4 Å². The third kappa shape index (κ3) is 9.71. The zero-order chi connectivity index (χ0) is 25.8. The van der Waals surface area contributed by atoms with Gasteiger partial charge in [0, 0.05) is 47.7 Å². The molecule has 0 bridgehead atoms. The van der Waals surface area contributed by atoms with Crippen molar-refractivity contribution in [2.45, 2.75) is 94.5 Å². The van der Waals surface area contributed by atoms with Crippen LogP contribution in [-0.4, -0.2) is 58.4 Å². The Kier molecular flexibility index (Phi) is 12.7. The number of quaternary nitrogens is 1. The summed E-state index contributed by atoms with van der Waals surface area (Å²) in [4.78, 5) is 15.6. The number of carbonyl (C=O) groups excluding carboxylic acids is 1. The monoisotopic (exact) mass is 541 g/mol. The van der Waals surface area contributed by atoms with Crippen LogP contribution < -0.4 is 15.5 Å². The van der Waals surface area contributed by atoms with Crippen molar-refractivity contribution in [1.82, 2.24) is 14.9 Å². The number of carbonyl (C=O) groups is 1. The Balaban J connectivity index is 1.54. The minimum Gasteiger partial charge on any atom is -0.382 e. The molecule has 1 unspecified atom stereocenters. The normalized spacial score (nSPS) is 23.1. The van der Waals surface area contributed by atoms with Gasteiger partial charge in [-0.3, -0.25) is 9.52 Å². The zero-order valence-electron chi connectivity index (χ0n) is 21.9. The first-order chi connectivity index (χ1) is 17.4. The smallest absolute Gasteiger partial charge is 0.267 e. The Morgan fingerprint density at radius 3 is 2.56 bits per heavy atom. The lowest BCUT2D eigenvalue weighted by atomic mass is 9.86. The lowest BCUT2D eigenvalue weighted by Crippen LogP contribution is -2.78. The number of nitrogens with one attached hydrogen (secondary N) is 2. The molecule has 1 aliphatic heterocycles. The van der Waals surface area contributed by atoms with Gasteiger partial charge >= 0.3 is 0 Å². The van der Waals surface area contributed by atoms with E-state index in [1.54, 1.807) is 12.2 Å². The number of alkyl halides is 1. The average Bonchev–Trinajstić information content (AvgIpc) is 2.88. The van der Waals surface area contributed by atoms with Crippen LogP contribution in [0, 0.1) is 5.92 Å².